The summed E-state index contributed by atoms with van der Waals surface area (Å²) in [5, 5.41) is 17.2. The van der Waals surface area contributed by atoms with Gasteiger partial charge in [-0.05, 0) is 63.2 Å². The third-order valence-electron chi connectivity index (χ3n) is 5.17. The summed E-state index contributed by atoms with van der Waals surface area (Å²) in [5.41, 5.74) is 4.98. The van der Waals surface area contributed by atoms with E-state index in [1.54, 1.807) is 17.2 Å². The average Bonchev–Trinajstić information content (AvgIpc) is 3.27. The molecule has 4 aromatic rings. The number of nitrogens with zero attached hydrogens (tertiary/aromatic N) is 7. The Hall–Kier alpha value is -4.25. The van der Waals surface area contributed by atoms with E-state index >= 15 is 0 Å². The van der Waals surface area contributed by atoms with Crippen LogP contribution in [0.5, 0.6) is 0 Å². The Balaban J connectivity index is 1.56. The zero-order valence-electron chi connectivity index (χ0n) is 18.3. The Morgan fingerprint density at radius 2 is 1.81 bits per heavy atom. The Labute approximate surface area is 187 Å². The summed E-state index contributed by atoms with van der Waals surface area (Å²) in [4.78, 5) is 15.3. The predicted molar refractivity (Wildman–Crippen MR) is 125 cm³/mol. The Bertz CT molecular complexity index is 1250. The van der Waals surface area contributed by atoms with E-state index in [0.717, 1.165) is 47.2 Å². The summed E-state index contributed by atoms with van der Waals surface area (Å²) in [6.07, 6.45) is 3.40. The first kappa shape index (κ1) is 21.0. The van der Waals surface area contributed by atoms with Crippen molar-refractivity contribution in [2.75, 3.05) is 23.3 Å². The monoisotopic (exact) mass is 424 g/mol. The highest BCUT2D eigenvalue weighted by Crippen LogP contribution is 2.27. The molecule has 0 bridgehead atoms. The number of aryl methyl sites for hydroxylation is 1. The molecule has 0 saturated heterocycles. The largest absolute Gasteiger partial charge is 0.371 e. The number of hydrogen-bond donors (Lipinski definition) is 1. The van der Waals surface area contributed by atoms with Crippen LogP contribution in [0.4, 0.5) is 17.3 Å². The fourth-order valence-electron chi connectivity index (χ4n) is 3.50. The molecule has 0 saturated carbocycles. The van der Waals surface area contributed by atoms with E-state index in [1.807, 2.05) is 55.5 Å². The van der Waals surface area contributed by atoms with Gasteiger partial charge in [-0.2, -0.15) is 10.4 Å². The van der Waals surface area contributed by atoms with Gasteiger partial charge in [-0.3, -0.25) is 0 Å². The minimum absolute atomic E-state index is 0.484. The van der Waals surface area contributed by atoms with Crippen molar-refractivity contribution < 1.29 is 0 Å². The highest BCUT2D eigenvalue weighted by Gasteiger charge is 2.11. The maximum absolute atomic E-state index is 9.65. The third-order valence-corrected chi connectivity index (χ3v) is 5.17. The van der Waals surface area contributed by atoms with Crippen molar-refractivity contribution in [2.45, 2.75) is 20.8 Å². The van der Waals surface area contributed by atoms with Crippen LogP contribution in [0.2, 0.25) is 0 Å². The topological polar surface area (TPSA) is 95.6 Å². The Morgan fingerprint density at radius 1 is 1.03 bits per heavy atom. The first-order chi connectivity index (χ1) is 15.6. The van der Waals surface area contributed by atoms with E-state index in [0.29, 0.717) is 11.5 Å². The van der Waals surface area contributed by atoms with Crippen LogP contribution in [-0.4, -0.2) is 37.8 Å². The van der Waals surface area contributed by atoms with E-state index in [1.165, 1.54) is 0 Å². The lowest BCUT2D eigenvalue weighted by Crippen LogP contribution is -2.22. The lowest BCUT2D eigenvalue weighted by atomic mass is 10.1. The highest BCUT2D eigenvalue weighted by molar-refractivity contribution is 5.70. The van der Waals surface area contributed by atoms with E-state index < -0.39 is 0 Å². The summed E-state index contributed by atoms with van der Waals surface area (Å²) in [6, 6.07) is 17.8. The van der Waals surface area contributed by atoms with Gasteiger partial charge in [0.05, 0.1) is 22.6 Å². The third kappa shape index (κ3) is 4.42. The molecule has 2 heterocycles. The lowest BCUT2D eigenvalue weighted by molar-refractivity contribution is 0.863. The first-order valence-corrected chi connectivity index (χ1v) is 10.5. The SMILES string of the molecule is CCN(CC)c1ccc(-c2ccnc(Nc3ccc(-n4cnc(C)n4)cc3)n2)cc1C#N. The highest BCUT2D eigenvalue weighted by atomic mass is 15.3. The van der Waals surface area contributed by atoms with E-state index in [-0.39, 0.29) is 0 Å². The fraction of sp³-hybridized carbons (Fsp3) is 0.208. The van der Waals surface area contributed by atoms with Crippen LogP contribution < -0.4 is 10.2 Å². The molecule has 0 unspecified atom stereocenters. The second-order valence-electron chi connectivity index (χ2n) is 7.19. The number of hydrogen-bond acceptors (Lipinski definition) is 7. The molecule has 2 aromatic carbocycles. The second-order valence-corrected chi connectivity index (χ2v) is 7.19. The second kappa shape index (κ2) is 9.27. The van der Waals surface area contributed by atoms with Crippen LogP contribution in [0.1, 0.15) is 25.2 Å². The molecular formula is C24H24N8. The van der Waals surface area contributed by atoms with Gasteiger partial charge in [0.2, 0.25) is 5.95 Å². The molecule has 0 atom stereocenters. The zero-order chi connectivity index (χ0) is 22.5. The van der Waals surface area contributed by atoms with Crippen LogP contribution in [-0.2, 0) is 0 Å². The van der Waals surface area contributed by atoms with Crippen LogP contribution in [0.25, 0.3) is 16.9 Å². The summed E-state index contributed by atoms with van der Waals surface area (Å²) in [5.74, 6) is 1.21. The van der Waals surface area contributed by atoms with Gasteiger partial charge in [0, 0.05) is 30.5 Å². The maximum Gasteiger partial charge on any atom is 0.227 e. The number of nitrogens with one attached hydrogen (secondary N) is 1. The van der Waals surface area contributed by atoms with Crippen molar-refractivity contribution in [3.05, 3.63) is 72.4 Å². The summed E-state index contributed by atoms with van der Waals surface area (Å²) in [7, 11) is 0. The quantitative estimate of drug-likeness (QED) is 0.467. The molecular weight excluding hydrogens is 400 g/mol. The smallest absolute Gasteiger partial charge is 0.227 e. The van der Waals surface area contributed by atoms with Gasteiger partial charge in [0.1, 0.15) is 18.2 Å². The normalized spacial score (nSPS) is 10.6. The van der Waals surface area contributed by atoms with Crippen LogP contribution in [0.3, 0.4) is 0 Å². The lowest BCUT2D eigenvalue weighted by Gasteiger charge is -2.22. The molecule has 8 heteroatoms. The van der Waals surface area contributed by atoms with Crippen molar-refractivity contribution in [1.29, 1.82) is 5.26 Å². The van der Waals surface area contributed by atoms with Gasteiger partial charge >= 0.3 is 0 Å². The summed E-state index contributed by atoms with van der Waals surface area (Å²) in [6.45, 7) is 7.72. The van der Waals surface area contributed by atoms with Crippen LogP contribution >= 0.6 is 0 Å². The van der Waals surface area contributed by atoms with E-state index in [9.17, 15) is 5.26 Å². The Kier molecular flexibility index (Phi) is 6.08. The van der Waals surface area contributed by atoms with Gasteiger partial charge in [-0.1, -0.05) is 6.07 Å². The molecule has 0 aliphatic heterocycles. The van der Waals surface area contributed by atoms with E-state index in [2.05, 4.69) is 50.2 Å². The minimum atomic E-state index is 0.484. The molecule has 32 heavy (non-hydrogen) atoms. The molecule has 2 aromatic heterocycles. The minimum Gasteiger partial charge on any atom is -0.371 e. The van der Waals surface area contributed by atoms with Crippen molar-refractivity contribution >= 4 is 17.3 Å². The molecule has 0 radical (unpaired) electrons. The van der Waals surface area contributed by atoms with Crippen molar-refractivity contribution in [1.82, 2.24) is 24.7 Å². The van der Waals surface area contributed by atoms with Crippen molar-refractivity contribution in [3.8, 4) is 23.0 Å². The molecule has 0 amide bonds. The average molecular weight is 425 g/mol. The molecule has 8 nitrogen and oxygen atoms in total. The van der Waals surface area contributed by atoms with Crippen LogP contribution in [0.15, 0.2) is 61.1 Å². The molecule has 1 N–H and O–H groups in total. The molecule has 160 valence electrons. The van der Waals surface area contributed by atoms with Gasteiger partial charge in [0.15, 0.2) is 0 Å². The van der Waals surface area contributed by atoms with Crippen molar-refractivity contribution in [2.24, 2.45) is 0 Å². The standard InChI is InChI=1S/C24H24N8/c1-4-31(5-2)23-11-6-18(14-19(23)15-25)22-12-13-26-24(29-22)28-20-7-9-21(10-8-20)32-16-27-17(3)30-32/h6-14,16H,4-5H2,1-3H3,(H,26,28,29). The number of rotatable bonds is 7. The number of benzene rings is 2. The molecule has 0 aliphatic carbocycles. The van der Waals surface area contributed by atoms with Gasteiger partial charge in [0.25, 0.3) is 0 Å². The van der Waals surface area contributed by atoms with Gasteiger partial charge in [-0.25, -0.2) is 19.6 Å². The van der Waals surface area contributed by atoms with Gasteiger partial charge < -0.3 is 10.2 Å². The predicted octanol–water partition coefficient (Wildman–Crippen LogP) is 4.49. The first-order valence-electron chi connectivity index (χ1n) is 10.5. The van der Waals surface area contributed by atoms with Crippen molar-refractivity contribution in [3.63, 3.8) is 0 Å². The maximum atomic E-state index is 9.65. The fourth-order valence-corrected chi connectivity index (χ4v) is 3.50. The van der Waals surface area contributed by atoms with Crippen LogP contribution in [0, 0.1) is 18.3 Å². The molecule has 0 aliphatic rings. The van der Waals surface area contributed by atoms with E-state index in [4.69, 9.17) is 0 Å². The summed E-state index contributed by atoms with van der Waals surface area (Å²) < 4.78 is 1.73. The number of nitriles is 1. The molecule has 0 fully saturated rings. The molecule has 0 spiro atoms. The van der Waals surface area contributed by atoms with Gasteiger partial charge in [-0.15, -0.1) is 0 Å². The summed E-state index contributed by atoms with van der Waals surface area (Å²) >= 11 is 0. The zero-order valence-corrected chi connectivity index (χ0v) is 18.3. The molecule has 4 rings (SSSR count). The number of aromatic nitrogens is 5. The number of anilines is 3. The Morgan fingerprint density at radius 3 is 2.47 bits per heavy atom.